The third kappa shape index (κ3) is 4.11. The minimum Gasteiger partial charge on any atom is -0.308 e. The van der Waals surface area contributed by atoms with Crippen LogP contribution in [0, 0.1) is 0 Å². The van der Waals surface area contributed by atoms with Gasteiger partial charge < -0.3 is 4.40 Å². The lowest BCUT2D eigenvalue weighted by molar-refractivity contribution is 1.07. The van der Waals surface area contributed by atoms with Crippen molar-refractivity contribution < 1.29 is 0 Å². The van der Waals surface area contributed by atoms with Crippen molar-refractivity contribution in [2.24, 2.45) is 0 Å². The van der Waals surface area contributed by atoms with Gasteiger partial charge in [0.15, 0.2) is 17.5 Å². The molecule has 0 aliphatic carbocycles. The molecule has 0 aliphatic heterocycles. The minimum absolute atomic E-state index is 0.644. The number of hydrogen-bond donors (Lipinski definition) is 0. The highest BCUT2D eigenvalue weighted by Crippen LogP contribution is 2.43. The Balaban J connectivity index is 1.39. The normalized spacial score (nSPS) is 11.6. The fourth-order valence-electron chi connectivity index (χ4n) is 6.59. The molecule has 0 saturated heterocycles. The van der Waals surface area contributed by atoms with Gasteiger partial charge in [-0.2, -0.15) is 0 Å². The van der Waals surface area contributed by atoms with Crippen molar-refractivity contribution in [3.8, 4) is 45.3 Å². The monoisotopic (exact) mass is 574 g/mol. The van der Waals surface area contributed by atoms with Crippen LogP contribution in [-0.4, -0.2) is 19.4 Å². The van der Waals surface area contributed by atoms with Crippen LogP contribution in [0.25, 0.3) is 83.4 Å². The first kappa shape index (κ1) is 25.4. The lowest BCUT2D eigenvalue weighted by atomic mass is 9.98. The van der Waals surface area contributed by atoms with Crippen LogP contribution in [0.15, 0.2) is 158 Å². The molecule has 210 valence electrons. The van der Waals surface area contributed by atoms with Crippen molar-refractivity contribution in [2.75, 3.05) is 0 Å². The third-order valence-corrected chi connectivity index (χ3v) is 8.61. The zero-order valence-corrected chi connectivity index (χ0v) is 24.3. The Morgan fingerprint density at radius 2 is 0.822 bits per heavy atom. The maximum atomic E-state index is 5.03. The van der Waals surface area contributed by atoms with Crippen LogP contribution in [0.4, 0.5) is 0 Å². The summed E-state index contributed by atoms with van der Waals surface area (Å²) in [6.45, 7) is 0. The number of benzene rings is 6. The van der Waals surface area contributed by atoms with E-state index in [2.05, 4.69) is 101 Å². The number of pyridine rings is 1. The summed E-state index contributed by atoms with van der Waals surface area (Å²) in [6, 6.07) is 55.0. The van der Waals surface area contributed by atoms with E-state index in [4.69, 9.17) is 15.0 Å². The van der Waals surface area contributed by atoms with Gasteiger partial charge in [0, 0.05) is 38.4 Å². The minimum atomic E-state index is 0.644. The Labute approximate surface area is 259 Å². The number of hydrogen-bond acceptors (Lipinski definition) is 3. The molecule has 0 radical (unpaired) electrons. The van der Waals surface area contributed by atoms with Gasteiger partial charge in [0.2, 0.25) is 0 Å². The molecule has 0 spiro atoms. The summed E-state index contributed by atoms with van der Waals surface area (Å²) < 4.78 is 2.43. The van der Waals surface area contributed by atoms with Gasteiger partial charge in [-0.15, -0.1) is 0 Å². The number of para-hydroxylation sites is 1. The van der Waals surface area contributed by atoms with Crippen LogP contribution in [0.1, 0.15) is 0 Å². The summed E-state index contributed by atoms with van der Waals surface area (Å²) in [7, 11) is 0. The molecule has 45 heavy (non-hydrogen) atoms. The first-order valence-electron chi connectivity index (χ1n) is 15.1. The molecule has 0 atom stereocenters. The van der Waals surface area contributed by atoms with Crippen molar-refractivity contribution in [1.82, 2.24) is 19.4 Å². The summed E-state index contributed by atoms with van der Waals surface area (Å²) in [5.74, 6) is 1.95. The SMILES string of the molecule is c1ccc(-c2nc(-c3ccccc3)nc(-c3ccc4c(-c5ccccc5)c5c6ccccc6c6ccccc6n5c4c3)n2)cc1. The highest BCUT2D eigenvalue weighted by atomic mass is 15.0. The molecular weight excluding hydrogens is 548 g/mol. The van der Waals surface area contributed by atoms with E-state index in [0.717, 1.165) is 22.2 Å². The van der Waals surface area contributed by atoms with E-state index in [1.807, 2.05) is 60.7 Å². The topological polar surface area (TPSA) is 43.1 Å². The van der Waals surface area contributed by atoms with Gasteiger partial charge in [-0.25, -0.2) is 15.0 Å². The number of nitrogens with zero attached hydrogens (tertiary/aromatic N) is 4. The average Bonchev–Trinajstić information content (AvgIpc) is 3.48. The van der Waals surface area contributed by atoms with Crippen LogP contribution >= 0.6 is 0 Å². The van der Waals surface area contributed by atoms with E-state index >= 15 is 0 Å². The van der Waals surface area contributed by atoms with Crippen LogP contribution in [0.5, 0.6) is 0 Å². The summed E-state index contributed by atoms with van der Waals surface area (Å²) >= 11 is 0. The van der Waals surface area contributed by atoms with Crippen molar-refractivity contribution in [3.63, 3.8) is 0 Å². The van der Waals surface area contributed by atoms with Gasteiger partial charge in [-0.1, -0.05) is 146 Å². The van der Waals surface area contributed by atoms with Crippen LogP contribution < -0.4 is 0 Å². The van der Waals surface area contributed by atoms with Gasteiger partial charge in [0.25, 0.3) is 0 Å². The molecule has 0 bridgehead atoms. The van der Waals surface area contributed by atoms with E-state index in [0.29, 0.717) is 17.5 Å². The number of fused-ring (bicyclic) bond motifs is 8. The Bertz CT molecular complexity index is 2460. The van der Waals surface area contributed by atoms with E-state index in [1.165, 1.54) is 43.7 Å². The summed E-state index contributed by atoms with van der Waals surface area (Å²) in [5, 5.41) is 4.89. The van der Waals surface area contributed by atoms with E-state index in [1.54, 1.807) is 0 Å². The number of aromatic nitrogens is 4. The van der Waals surface area contributed by atoms with Gasteiger partial charge >= 0.3 is 0 Å². The van der Waals surface area contributed by atoms with Crippen LogP contribution in [0.2, 0.25) is 0 Å². The van der Waals surface area contributed by atoms with Gasteiger partial charge in [0.1, 0.15) is 0 Å². The van der Waals surface area contributed by atoms with Crippen molar-refractivity contribution >= 4 is 38.1 Å². The maximum Gasteiger partial charge on any atom is 0.164 e. The summed E-state index contributed by atoms with van der Waals surface area (Å²) in [5.41, 5.74) is 8.75. The second kappa shape index (κ2) is 10.2. The predicted octanol–water partition coefficient (Wildman–Crippen LogP) is 10.3. The maximum absolute atomic E-state index is 5.03. The first-order valence-corrected chi connectivity index (χ1v) is 15.1. The lowest BCUT2D eigenvalue weighted by Gasteiger charge is -2.11. The smallest absolute Gasteiger partial charge is 0.164 e. The van der Waals surface area contributed by atoms with Gasteiger partial charge in [-0.3, -0.25) is 0 Å². The molecule has 4 nitrogen and oxygen atoms in total. The lowest BCUT2D eigenvalue weighted by Crippen LogP contribution is -2.00. The van der Waals surface area contributed by atoms with Crippen molar-refractivity contribution in [2.45, 2.75) is 0 Å². The zero-order valence-electron chi connectivity index (χ0n) is 24.3. The van der Waals surface area contributed by atoms with Gasteiger partial charge in [-0.05, 0) is 23.1 Å². The third-order valence-electron chi connectivity index (χ3n) is 8.61. The quantitative estimate of drug-likeness (QED) is 0.196. The van der Waals surface area contributed by atoms with E-state index in [9.17, 15) is 0 Å². The van der Waals surface area contributed by atoms with Crippen molar-refractivity contribution in [1.29, 1.82) is 0 Å². The Hall–Kier alpha value is -6.13. The summed E-state index contributed by atoms with van der Waals surface area (Å²) in [4.78, 5) is 15.0. The Kier molecular flexibility index (Phi) is 5.78. The molecule has 9 rings (SSSR count). The molecule has 0 fully saturated rings. The Morgan fingerprint density at radius 1 is 0.333 bits per heavy atom. The summed E-state index contributed by atoms with van der Waals surface area (Å²) in [6.07, 6.45) is 0. The largest absolute Gasteiger partial charge is 0.308 e. The average molecular weight is 575 g/mol. The van der Waals surface area contributed by atoms with E-state index < -0.39 is 0 Å². The number of rotatable bonds is 4. The molecule has 0 unspecified atom stereocenters. The predicted molar refractivity (Wildman–Crippen MR) is 185 cm³/mol. The standard InChI is InChI=1S/C41H26N4/c1-4-14-27(15-5-1)37-34-25-24-30(26-36(34)45-35-23-13-12-21-32(35)31-20-10-11-22-33(31)38(37)45)41-43-39(28-16-6-2-7-17-28)42-40(44-41)29-18-8-3-9-19-29/h1-26H. The molecule has 9 aromatic rings. The second-order valence-corrected chi connectivity index (χ2v) is 11.3. The molecule has 3 aromatic heterocycles. The molecule has 0 N–H and O–H groups in total. The highest BCUT2D eigenvalue weighted by Gasteiger charge is 2.20. The fourth-order valence-corrected chi connectivity index (χ4v) is 6.59. The molecule has 4 heteroatoms. The highest BCUT2D eigenvalue weighted by molar-refractivity contribution is 6.22. The molecule has 3 heterocycles. The molecule has 6 aromatic carbocycles. The van der Waals surface area contributed by atoms with E-state index in [-0.39, 0.29) is 0 Å². The van der Waals surface area contributed by atoms with Crippen LogP contribution in [0.3, 0.4) is 0 Å². The second-order valence-electron chi connectivity index (χ2n) is 11.3. The van der Waals surface area contributed by atoms with Crippen LogP contribution in [-0.2, 0) is 0 Å². The fraction of sp³-hybridized carbons (Fsp3) is 0. The van der Waals surface area contributed by atoms with Gasteiger partial charge in [0.05, 0.1) is 16.6 Å². The Morgan fingerprint density at radius 3 is 1.44 bits per heavy atom. The molecule has 0 saturated carbocycles. The molecule has 0 aliphatic rings. The van der Waals surface area contributed by atoms with Crippen molar-refractivity contribution in [3.05, 3.63) is 158 Å². The first-order chi connectivity index (χ1) is 22.3. The molecule has 0 amide bonds. The zero-order chi connectivity index (χ0) is 29.7. The molecular formula is C41H26N4.